The average Bonchev–Trinajstić information content (AvgIpc) is 2.82. The molecule has 0 bridgehead atoms. The first-order valence-electron chi connectivity index (χ1n) is 8.19. The smallest absolute Gasteiger partial charge is 0.245 e. The number of carbonyl (C=O) groups excluding carboxylic acids is 1. The van der Waals surface area contributed by atoms with Gasteiger partial charge in [0, 0.05) is 6.42 Å². The van der Waals surface area contributed by atoms with Crippen molar-refractivity contribution in [3.8, 4) is 6.07 Å². The number of hydrogen-bond acceptors (Lipinski definition) is 5. The largest absolute Gasteiger partial charge is 0.354 e. The molecule has 0 aromatic heterocycles. The zero-order chi connectivity index (χ0) is 17.5. The third-order valence-electron chi connectivity index (χ3n) is 5.04. The maximum atomic E-state index is 13.2. The highest BCUT2D eigenvalue weighted by Crippen LogP contribution is 2.38. The van der Waals surface area contributed by atoms with E-state index in [9.17, 15) is 15.3 Å². The van der Waals surface area contributed by atoms with Crippen molar-refractivity contribution in [1.82, 2.24) is 9.96 Å². The van der Waals surface area contributed by atoms with E-state index in [1.165, 1.54) is 0 Å². The van der Waals surface area contributed by atoms with Gasteiger partial charge in [0.2, 0.25) is 5.91 Å². The van der Waals surface area contributed by atoms with Crippen LogP contribution in [-0.2, 0) is 16.0 Å². The zero-order valence-corrected chi connectivity index (χ0v) is 14.3. The quantitative estimate of drug-likeness (QED) is 0.897. The molecule has 2 fully saturated rings. The average molecular weight is 329 g/mol. The summed E-state index contributed by atoms with van der Waals surface area (Å²) >= 11 is 0. The van der Waals surface area contributed by atoms with Gasteiger partial charge in [-0.1, -0.05) is 30.3 Å². The van der Waals surface area contributed by atoms with Gasteiger partial charge in [0.1, 0.15) is 17.3 Å². The molecule has 3 atom stereocenters. The van der Waals surface area contributed by atoms with Gasteiger partial charge in [-0.15, -0.1) is 0 Å². The summed E-state index contributed by atoms with van der Waals surface area (Å²) in [4.78, 5) is 14.9. The van der Waals surface area contributed by atoms with Crippen LogP contribution >= 0.6 is 0 Å². The minimum absolute atomic E-state index is 0.201. The number of nitriles is 1. The van der Waals surface area contributed by atoms with Crippen LogP contribution in [0.25, 0.3) is 0 Å². The van der Waals surface area contributed by atoms with Crippen LogP contribution in [0.2, 0.25) is 0 Å². The summed E-state index contributed by atoms with van der Waals surface area (Å²) in [5.74, 6) is -0.201. The van der Waals surface area contributed by atoms with Gasteiger partial charge < -0.3 is 14.8 Å². The first-order valence-corrected chi connectivity index (χ1v) is 8.19. The number of rotatable bonds is 2. The lowest BCUT2D eigenvalue weighted by Crippen LogP contribution is -2.55. The van der Waals surface area contributed by atoms with Crippen molar-refractivity contribution in [2.24, 2.45) is 0 Å². The first kappa shape index (κ1) is 16.9. The van der Waals surface area contributed by atoms with E-state index in [0.717, 1.165) is 10.6 Å². The van der Waals surface area contributed by atoms with Gasteiger partial charge in [-0.25, -0.2) is 0 Å². The second-order valence-corrected chi connectivity index (χ2v) is 7.26. The van der Waals surface area contributed by atoms with Crippen molar-refractivity contribution in [3.63, 3.8) is 0 Å². The van der Waals surface area contributed by atoms with Crippen molar-refractivity contribution in [1.29, 1.82) is 5.26 Å². The number of hydrogen-bond donors (Lipinski definition) is 1. The number of hydroxylamine groups is 2. The SMILES string of the molecule is CC1(C)OC[C@@H]2C[C@@](C)(C#N)N(O)[C@H](Cc3ccccc3)C(=O)N21. The Hall–Kier alpha value is -1.94. The second-order valence-electron chi connectivity index (χ2n) is 7.26. The highest BCUT2D eigenvalue weighted by atomic mass is 16.5. The molecule has 1 amide bonds. The molecule has 24 heavy (non-hydrogen) atoms. The zero-order valence-electron chi connectivity index (χ0n) is 14.3. The Kier molecular flexibility index (Phi) is 4.12. The van der Waals surface area contributed by atoms with Gasteiger partial charge in [-0.2, -0.15) is 10.3 Å². The number of carbonyl (C=O) groups is 1. The van der Waals surface area contributed by atoms with E-state index in [1.54, 1.807) is 11.8 Å². The Labute approximate surface area is 142 Å². The molecule has 0 saturated carbocycles. The fourth-order valence-electron chi connectivity index (χ4n) is 3.75. The normalized spacial score (nSPS) is 33.0. The first-order chi connectivity index (χ1) is 11.3. The van der Waals surface area contributed by atoms with Gasteiger partial charge in [0.15, 0.2) is 0 Å². The highest BCUT2D eigenvalue weighted by molar-refractivity contribution is 5.84. The van der Waals surface area contributed by atoms with E-state index >= 15 is 0 Å². The third kappa shape index (κ3) is 2.69. The Morgan fingerprint density at radius 3 is 2.62 bits per heavy atom. The van der Waals surface area contributed by atoms with Crippen LogP contribution < -0.4 is 0 Å². The second kappa shape index (κ2) is 5.85. The molecule has 2 aliphatic heterocycles. The van der Waals surface area contributed by atoms with Crippen LogP contribution in [0.15, 0.2) is 30.3 Å². The minimum Gasteiger partial charge on any atom is -0.354 e. The molecule has 6 nitrogen and oxygen atoms in total. The Morgan fingerprint density at radius 1 is 1.33 bits per heavy atom. The number of benzene rings is 1. The molecule has 1 aromatic rings. The number of fused-ring (bicyclic) bond motifs is 1. The van der Waals surface area contributed by atoms with Crippen LogP contribution in [0.5, 0.6) is 0 Å². The highest BCUT2D eigenvalue weighted by Gasteiger charge is 2.54. The summed E-state index contributed by atoms with van der Waals surface area (Å²) in [5, 5.41) is 21.3. The lowest BCUT2D eigenvalue weighted by atomic mass is 9.93. The summed E-state index contributed by atoms with van der Waals surface area (Å²) in [6.07, 6.45) is 0.688. The molecule has 0 unspecified atom stereocenters. The van der Waals surface area contributed by atoms with E-state index in [4.69, 9.17) is 4.74 Å². The van der Waals surface area contributed by atoms with E-state index in [1.807, 2.05) is 44.2 Å². The maximum absolute atomic E-state index is 13.2. The van der Waals surface area contributed by atoms with Crippen molar-refractivity contribution in [2.75, 3.05) is 6.61 Å². The topological polar surface area (TPSA) is 76.8 Å². The molecule has 128 valence electrons. The fourth-order valence-corrected chi connectivity index (χ4v) is 3.75. The summed E-state index contributed by atoms with van der Waals surface area (Å²) in [5.41, 5.74) is -0.942. The summed E-state index contributed by atoms with van der Waals surface area (Å²) < 4.78 is 5.78. The van der Waals surface area contributed by atoms with Gasteiger partial charge in [-0.3, -0.25) is 4.79 Å². The molecule has 2 aliphatic rings. The van der Waals surface area contributed by atoms with Crippen LogP contribution in [-0.4, -0.2) is 51.0 Å². The molecule has 3 rings (SSSR count). The Morgan fingerprint density at radius 2 is 2.00 bits per heavy atom. The van der Waals surface area contributed by atoms with Crippen molar-refractivity contribution < 1.29 is 14.7 Å². The van der Waals surface area contributed by atoms with Crippen molar-refractivity contribution in [2.45, 2.75) is 57.0 Å². The fraction of sp³-hybridized carbons (Fsp3) is 0.556. The summed E-state index contributed by atoms with van der Waals surface area (Å²) in [6, 6.07) is 10.7. The molecule has 0 radical (unpaired) electrons. The van der Waals surface area contributed by atoms with Gasteiger partial charge >= 0.3 is 0 Å². The standard InChI is InChI=1S/C18H23N3O3/c1-17(2)20-14(11-24-17)10-18(3,12-19)21(23)15(16(20)22)9-13-7-5-4-6-8-13/h4-8,14-15,23H,9-11H2,1-3H3/t14-,15+,18-/m0/s1. The monoisotopic (exact) mass is 329 g/mol. The number of ether oxygens (including phenoxy) is 1. The molecule has 0 spiro atoms. The molecular weight excluding hydrogens is 306 g/mol. The van der Waals surface area contributed by atoms with Crippen LogP contribution in [0, 0.1) is 11.3 Å². The summed E-state index contributed by atoms with van der Waals surface area (Å²) in [7, 11) is 0. The van der Waals surface area contributed by atoms with Gasteiger partial charge in [0.05, 0.1) is 18.7 Å². The van der Waals surface area contributed by atoms with E-state index in [2.05, 4.69) is 6.07 Å². The van der Waals surface area contributed by atoms with Crippen LogP contribution in [0.4, 0.5) is 0 Å². The van der Waals surface area contributed by atoms with Crippen molar-refractivity contribution in [3.05, 3.63) is 35.9 Å². The Bertz CT molecular complexity index is 670. The lowest BCUT2D eigenvalue weighted by Gasteiger charge is -2.35. The molecule has 0 aliphatic carbocycles. The maximum Gasteiger partial charge on any atom is 0.245 e. The van der Waals surface area contributed by atoms with Crippen LogP contribution in [0.1, 0.15) is 32.8 Å². The van der Waals surface area contributed by atoms with Gasteiger partial charge in [0.25, 0.3) is 0 Å². The number of nitrogens with zero attached hydrogens (tertiary/aromatic N) is 3. The molecule has 2 heterocycles. The predicted molar refractivity (Wildman–Crippen MR) is 86.9 cm³/mol. The lowest BCUT2D eigenvalue weighted by molar-refractivity contribution is -0.190. The van der Waals surface area contributed by atoms with Crippen molar-refractivity contribution >= 4 is 5.91 Å². The minimum atomic E-state index is -1.14. The molecule has 1 N–H and O–H groups in total. The van der Waals surface area contributed by atoms with Gasteiger partial charge in [-0.05, 0) is 32.8 Å². The number of amides is 1. The van der Waals surface area contributed by atoms with E-state index < -0.39 is 17.3 Å². The summed E-state index contributed by atoms with van der Waals surface area (Å²) in [6.45, 7) is 5.75. The Balaban J connectivity index is 2.01. The van der Waals surface area contributed by atoms with Crippen LogP contribution in [0.3, 0.4) is 0 Å². The van der Waals surface area contributed by atoms with E-state index in [0.29, 0.717) is 19.4 Å². The third-order valence-corrected chi connectivity index (χ3v) is 5.04. The van der Waals surface area contributed by atoms with E-state index in [-0.39, 0.29) is 11.9 Å². The molecule has 2 saturated heterocycles. The molecule has 6 heteroatoms. The predicted octanol–water partition coefficient (Wildman–Crippen LogP) is 1.94. The molecular formula is C18H23N3O3. The molecule has 1 aromatic carbocycles.